The van der Waals surface area contributed by atoms with Crippen LogP contribution in [-0.2, 0) is 4.74 Å². The number of hydrogen-bond donors (Lipinski definition) is 1. The first-order valence-corrected chi connectivity index (χ1v) is 8.00. The maximum atomic E-state index is 6.04. The second-order valence-corrected chi connectivity index (χ2v) is 6.01. The molecule has 0 saturated carbocycles. The van der Waals surface area contributed by atoms with Crippen LogP contribution >= 0.6 is 0 Å². The average Bonchev–Trinajstić information content (AvgIpc) is 2.80. The van der Waals surface area contributed by atoms with E-state index < -0.39 is 0 Å². The van der Waals surface area contributed by atoms with Crippen molar-refractivity contribution in [2.75, 3.05) is 26.4 Å². The molecule has 0 spiro atoms. The molecule has 0 bridgehead atoms. The van der Waals surface area contributed by atoms with Crippen LogP contribution < -0.4 is 14.8 Å². The van der Waals surface area contributed by atoms with Crippen LogP contribution in [0.15, 0.2) is 18.2 Å². The van der Waals surface area contributed by atoms with E-state index >= 15 is 0 Å². The third kappa shape index (κ3) is 3.01. The van der Waals surface area contributed by atoms with Crippen molar-refractivity contribution >= 4 is 0 Å². The highest BCUT2D eigenvalue weighted by atomic mass is 16.5. The smallest absolute Gasteiger partial charge is 0.161 e. The van der Waals surface area contributed by atoms with Crippen molar-refractivity contribution in [3.05, 3.63) is 23.8 Å². The van der Waals surface area contributed by atoms with Crippen molar-refractivity contribution in [1.82, 2.24) is 5.32 Å². The zero-order valence-corrected chi connectivity index (χ0v) is 13.0. The predicted octanol–water partition coefficient (Wildman–Crippen LogP) is 3.07. The molecule has 116 valence electrons. The first kappa shape index (κ1) is 14.7. The summed E-state index contributed by atoms with van der Waals surface area (Å²) in [5.74, 6) is 1.71. The van der Waals surface area contributed by atoms with Gasteiger partial charge in [0.2, 0.25) is 0 Å². The molecule has 1 aromatic rings. The summed E-state index contributed by atoms with van der Waals surface area (Å²) in [5, 5.41) is 3.58. The van der Waals surface area contributed by atoms with E-state index in [9.17, 15) is 0 Å². The Kier molecular flexibility index (Phi) is 4.36. The van der Waals surface area contributed by atoms with Gasteiger partial charge in [0.05, 0.1) is 24.9 Å². The van der Waals surface area contributed by atoms with Crippen molar-refractivity contribution in [1.29, 1.82) is 0 Å². The van der Waals surface area contributed by atoms with E-state index in [1.165, 1.54) is 5.56 Å². The lowest BCUT2D eigenvalue weighted by Crippen LogP contribution is -2.41. The number of ether oxygens (including phenoxy) is 3. The van der Waals surface area contributed by atoms with Gasteiger partial charge in [0.25, 0.3) is 0 Å². The second-order valence-electron chi connectivity index (χ2n) is 6.01. The lowest BCUT2D eigenvalue weighted by Gasteiger charge is -2.34. The van der Waals surface area contributed by atoms with Crippen LogP contribution in [0.5, 0.6) is 11.5 Å². The molecule has 3 rings (SSSR count). The topological polar surface area (TPSA) is 39.7 Å². The van der Waals surface area contributed by atoms with E-state index in [0.29, 0.717) is 0 Å². The molecule has 1 aromatic carbocycles. The van der Waals surface area contributed by atoms with Crippen molar-refractivity contribution in [3.63, 3.8) is 0 Å². The molecule has 1 saturated heterocycles. The zero-order chi connectivity index (χ0) is 14.7. The van der Waals surface area contributed by atoms with E-state index in [1.54, 1.807) is 0 Å². The zero-order valence-electron chi connectivity index (χ0n) is 13.0. The van der Waals surface area contributed by atoms with Crippen LogP contribution in [0.2, 0.25) is 0 Å². The van der Waals surface area contributed by atoms with Crippen LogP contribution in [0.3, 0.4) is 0 Å². The Balaban J connectivity index is 1.90. The minimum Gasteiger partial charge on any atom is -0.490 e. The van der Waals surface area contributed by atoms with Gasteiger partial charge in [-0.1, -0.05) is 13.0 Å². The summed E-state index contributed by atoms with van der Waals surface area (Å²) < 4.78 is 17.6. The third-order valence-electron chi connectivity index (χ3n) is 4.37. The first-order valence-electron chi connectivity index (χ1n) is 8.00. The highest BCUT2D eigenvalue weighted by molar-refractivity contribution is 5.45. The molecule has 1 fully saturated rings. The van der Waals surface area contributed by atoms with Gasteiger partial charge in [-0.25, -0.2) is 0 Å². The molecule has 0 aliphatic carbocycles. The maximum absolute atomic E-state index is 6.04. The summed E-state index contributed by atoms with van der Waals surface area (Å²) in [7, 11) is 0. The average molecular weight is 291 g/mol. The Morgan fingerprint density at radius 3 is 2.67 bits per heavy atom. The fourth-order valence-electron chi connectivity index (χ4n) is 3.28. The molecule has 1 N–H and O–H groups in total. The molecule has 2 atom stereocenters. The normalized spacial score (nSPS) is 26.4. The van der Waals surface area contributed by atoms with Crippen molar-refractivity contribution in [2.45, 2.75) is 44.8 Å². The van der Waals surface area contributed by atoms with Gasteiger partial charge in [0.1, 0.15) is 0 Å². The number of nitrogens with one attached hydrogen (secondary N) is 1. The Morgan fingerprint density at radius 1 is 1.14 bits per heavy atom. The molecule has 2 heterocycles. The number of fused-ring (bicyclic) bond motifs is 1. The second kappa shape index (κ2) is 6.24. The van der Waals surface area contributed by atoms with E-state index in [1.807, 2.05) is 6.07 Å². The highest BCUT2D eigenvalue weighted by Crippen LogP contribution is 2.40. The van der Waals surface area contributed by atoms with Gasteiger partial charge < -0.3 is 19.5 Å². The summed E-state index contributed by atoms with van der Waals surface area (Å²) in [6.07, 6.45) is 3.14. The minimum atomic E-state index is -0.143. The van der Waals surface area contributed by atoms with Gasteiger partial charge in [-0.15, -0.1) is 0 Å². The lowest BCUT2D eigenvalue weighted by atomic mass is 9.87. The predicted molar refractivity (Wildman–Crippen MR) is 82.1 cm³/mol. The molecule has 2 aliphatic rings. The molecule has 4 heteroatoms. The maximum Gasteiger partial charge on any atom is 0.161 e. The molecule has 0 amide bonds. The van der Waals surface area contributed by atoms with Gasteiger partial charge in [-0.05, 0) is 44.0 Å². The standard InChI is InChI=1S/C17H25NO3/c1-3-18-16(17(2)8-4-11-21-17)13-6-7-14-15(12-13)20-10-5-9-19-14/h6-7,12,16,18H,3-5,8-11H2,1-2H3. The van der Waals surface area contributed by atoms with E-state index in [2.05, 4.69) is 31.3 Å². The monoisotopic (exact) mass is 291 g/mol. The first-order chi connectivity index (χ1) is 10.2. The van der Waals surface area contributed by atoms with Crippen molar-refractivity contribution in [3.8, 4) is 11.5 Å². The van der Waals surface area contributed by atoms with Crippen LogP contribution in [0.1, 0.15) is 44.7 Å². The minimum absolute atomic E-state index is 0.143. The molecule has 0 radical (unpaired) electrons. The quantitative estimate of drug-likeness (QED) is 0.925. The highest BCUT2D eigenvalue weighted by Gasteiger charge is 2.39. The van der Waals surface area contributed by atoms with E-state index in [-0.39, 0.29) is 11.6 Å². The fraction of sp³-hybridized carbons (Fsp3) is 0.647. The van der Waals surface area contributed by atoms with Crippen LogP contribution in [0, 0.1) is 0 Å². The fourth-order valence-corrected chi connectivity index (χ4v) is 3.28. The largest absolute Gasteiger partial charge is 0.490 e. The number of likely N-dealkylation sites (N-methyl/N-ethyl adjacent to an activating group) is 1. The molecular weight excluding hydrogens is 266 g/mol. The lowest BCUT2D eigenvalue weighted by molar-refractivity contribution is -0.0121. The van der Waals surface area contributed by atoms with Gasteiger partial charge in [-0.2, -0.15) is 0 Å². The molecule has 4 nitrogen and oxygen atoms in total. The third-order valence-corrected chi connectivity index (χ3v) is 4.37. The number of rotatable bonds is 4. The Bertz CT molecular complexity index is 483. The molecular formula is C17H25NO3. The summed E-state index contributed by atoms with van der Waals surface area (Å²) >= 11 is 0. The van der Waals surface area contributed by atoms with Crippen molar-refractivity contribution in [2.24, 2.45) is 0 Å². The van der Waals surface area contributed by atoms with Gasteiger partial charge in [0, 0.05) is 13.0 Å². The van der Waals surface area contributed by atoms with Gasteiger partial charge in [-0.3, -0.25) is 0 Å². The van der Waals surface area contributed by atoms with Crippen molar-refractivity contribution < 1.29 is 14.2 Å². The Labute approximate surface area is 126 Å². The molecule has 2 aliphatic heterocycles. The summed E-state index contributed by atoms with van der Waals surface area (Å²) in [5.41, 5.74) is 1.07. The van der Waals surface area contributed by atoms with E-state index in [0.717, 1.165) is 57.1 Å². The molecule has 0 aromatic heterocycles. The Hall–Kier alpha value is -1.26. The summed E-state index contributed by atoms with van der Waals surface area (Å²) in [4.78, 5) is 0. The summed E-state index contributed by atoms with van der Waals surface area (Å²) in [6, 6.07) is 6.45. The molecule has 2 unspecified atom stereocenters. The number of benzene rings is 1. The number of hydrogen-bond acceptors (Lipinski definition) is 4. The van der Waals surface area contributed by atoms with Gasteiger partial charge >= 0.3 is 0 Å². The SMILES string of the molecule is CCNC(c1ccc2c(c1)OCCCO2)C1(C)CCCO1. The summed E-state index contributed by atoms with van der Waals surface area (Å²) in [6.45, 7) is 7.55. The van der Waals surface area contributed by atoms with E-state index in [4.69, 9.17) is 14.2 Å². The molecule has 21 heavy (non-hydrogen) atoms. The Morgan fingerprint density at radius 2 is 1.95 bits per heavy atom. The van der Waals surface area contributed by atoms with Gasteiger partial charge in [0.15, 0.2) is 11.5 Å². The van der Waals surface area contributed by atoms with Crippen LogP contribution in [0.4, 0.5) is 0 Å². The van der Waals surface area contributed by atoms with Crippen LogP contribution in [-0.4, -0.2) is 32.0 Å². The van der Waals surface area contributed by atoms with Crippen LogP contribution in [0.25, 0.3) is 0 Å².